The fraction of sp³-hybridized carbons (Fsp3) is 0.500. The number of nitrogens with one attached hydrogen (secondary N) is 1. The van der Waals surface area contributed by atoms with Crippen molar-refractivity contribution in [1.82, 2.24) is 4.90 Å². The second-order valence-electron chi connectivity index (χ2n) is 12.3. The third kappa shape index (κ3) is 6.19. The van der Waals surface area contributed by atoms with Crippen LogP contribution < -0.4 is 0 Å². The Hall–Kier alpha value is -3.06. The first-order valence-electron chi connectivity index (χ1n) is 13.2. The number of phenolic OH excluding ortho intramolecular Hbond substituents is 1. The van der Waals surface area contributed by atoms with Crippen LogP contribution in [0.15, 0.2) is 48.5 Å². The fourth-order valence-corrected chi connectivity index (χ4v) is 5.38. The van der Waals surface area contributed by atoms with E-state index in [1.165, 1.54) is 5.56 Å². The Balaban J connectivity index is 1.98. The topological polar surface area (TPSA) is 71.1 Å². The highest BCUT2D eigenvalue weighted by Crippen LogP contribution is 2.41. The third-order valence-corrected chi connectivity index (χ3v) is 7.37. The van der Waals surface area contributed by atoms with Crippen LogP contribution in [0.2, 0.25) is 0 Å². The Morgan fingerprint density at radius 3 is 2.17 bits per heavy atom. The monoisotopic (exact) mass is 485 g/mol. The molecule has 36 heavy (non-hydrogen) atoms. The third-order valence-electron chi connectivity index (χ3n) is 7.37. The van der Waals surface area contributed by atoms with Gasteiger partial charge >= 0.3 is 0 Å². The van der Waals surface area contributed by atoms with Crippen molar-refractivity contribution in [3.05, 3.63) is 70.8 Å². The van der Waals surface area contributed by atoms with Crippen molar-refractivity contribution >= 4 is 11.4 Å². The van der Waals surface area contributed by atoms with Crippen molar-refractivity contribution in [3.63, 3.8) is 0 Å². The zero-order valence-electron chi connectivity index (χ0n) is 23.2. The number of allylic oxidation sites excluding steroid dienone is 1. The largest absolute Gasteiger partial charge is 0.507 e. The van der Waals surface area contributed by atoms with Gasteiger partial charge in [-0.15, -0.1) is 0 Å². The zero-order valence-corrected chi connectivity index (χ0v) is 23.2. The highest BCUT2D eigenvalue weighted by atomic mass is 16.3. The predicted octanol–water partition coefficient (Wildman–Crippen LogP) is 7.46. The maximum absolute atomic E-state index is 11.2. The lowest BCUT2D eigenvalue weighted by molar-refractivity contribution is 0.373. The summed E-state index contributed by atoms with van der Waals surface area (Å²) in [4.78, 5) is 2.16. The van der Waals surface area contributed by atoms with Gasteiger partial charge in [-0.3, -0.25) is 5.41 Å². The molecule has 1 fully saturated rings. The molecule has 192 valence electrons. The van der Waals surface area contributed by atoms with Crippen molar-refractivity contribution in [2.75, 3.05) is 13.1 Å². The molecular formula is C32H43N3O. The van der Waals surface area contributed by atoms with Crippen molar-refractivity contribution in [2.45, 2.75) is 78.6 Å². The molecule has 2 N–H and O–H groups in total. The van der Waals surface area contributed by atoms with Gasteiger partial charge in [0.1, 0.15) is 5.75 Å². The maximum atomic E-state index is 11.2. The molecule has 2 atom stereocenters. The minimum Gasteiger partial charge on any atom is -0.507 e. The minimum atomic E-state index is -0.245. The molecule has 0 spiro atoms. The Bertz CT molecular complexity index is 1110. The molecule has 0 unspecified atom stereocenters. The number of benzene rings is 2. The average Bonchev–Trinajstić information content (AvgIpc) is 3.07. The first-order chi connectivity index (χ1) is 16.9. The second-order valence-corrected chi connectivity index (χ2v) is 12.3. The molecule has 0 radical (unpaired) electrons. The highest BCUT2D eigenvalue weighted by Gasteiger charge is 2.37. The first-order valence-corrected chi connectivity index (χ1v) is 13.2. The molecule has 0 aliphatic carbocycles. The molecule has 0 amide bonds. The summed E-state index contributed by atoms with van der Waals surface area (Å²) in [5.41, 5.74) is 4.40. The van der Waals surface area contributed by atoms with Crippen LogP contribution >= 0.6 is 0 Å². The van der Waals surface area contributed by atoms with E-state index in [0.29, 0.717) is 24.0 Å². The van der Waals surface area contributed by atoms with Crippen LogP contribution in [0, 0.1) is 28.6 Å². The van der Waals surface area contributed by atoms with Crippen LogP contribution in [0.5, 0.6) is 5.75 Å². The number of rotatable bonds is 7. The second kappa shape index (κ2) is 10.9. The van der Waals surface area contributed by atoms with Crippen LogP contribution in [0.25, 0.3) is 5.57 Å². The van der Waals surface area contributed by atoms with Gasteiger partial charge in [-0.05, 0) is 58.4 Å². The van der Waals surface area contributed by atoms with E-state index in [-0.39, 0.29) is 16.7 Å². The van der Waals surface area contributed by atoms with Gasteiger partial charge in [-0.2, -0.15) is 5.26 Å². The van der Waals surface area contributed by atoms with E-state index >= 15 is 0 Å². The first kappa shape index (κ1) is 27.5. The SMILES string of the molecule is CCC[C@H]1CN(C/C(=C\C#N)c2cc(C(C)(C)C)c(O)c(C(C)(C)C)c2)C(=N)[C@@H]1Cc1ccccc1. The molecule has 3 rings (SSSR count). The lowest BCUT2D eigenvalue weighted by Gasteiger charge is -2.29. The van der Waals surface area contributed by atoms with Crippen LogP contribution in [0.1, 0.15) is 83.6 Å². The number of amidine groups is 1. The summed E-state index contributed by atoms with van der Waals surface area (Å²) in [7, 11) is 0. The van der Waals surface area contributed by atoms with Gasteiger partial charge in [0.25, 0.3) is 0 Å². The van der Waals surface area contributed by atoms with Crippen LogP contribution in [-0.2, 0) is 17.3 Å². The van der Waals surface area contributed by atoms with Gasteiger partial charge in [-0.1, -0.05) is 85.2 Å². The van der Waals surface area contributed by atoms with E-state index in [0.717, 1.165) is 48.1 Å². The lowest BCUT2D eigenvalue weighted by Crippen LogP contribution is -2.29. The van der Waals surface area contributed by atoms with Gasteiger partial charge in [-0.25, -0.2) is 0 Å². The van der Waals surface area contributed by atoms with Crippen molar-refractivity contribution < 1.29 is 5.11 Å². The number of aromatic hydroxyl groups is 1. The summed E-state index contributed by atoms with van der Waals surface area (Å²) in [6.45, 7) is 16.2. The summed E-state index contributed by atoms with van der Waals surface area (Å²) in [5, 5.41) is 30.0. The van der Waals surface area contributed by atoms with Crippen molar-refractivity contribution in [1.29, 1.82) is 10.7 Å². The van der Waals surface area contributed by atoms with Gasteiger partial charge in [0, 0.05) is 36.2 Å². The maximum Gasteiger partial charge on any atom is 0.123 e. The van der Waals surface area contributed by atoms with Gasteiger partial charge < -0.3 is 10.0 Å². The van der Waals surface area contributed by atoms with E-state index in [2.05, 4.69) is 83.7 Å². The van der Waals surface area contributed by atoms with Crippen LogP contribution in [0.4, 0.5) is 0 Å². The number of likely N-dealkylation sites (tertiary alicyclic amines) is 1. The van der Waals surface area contributed by atoms with E-state index in [1.54, 1.807) is 6.08 Å². The zero-order chi connectivity index (χ0) is 26.7. The van der Waals surface area contributed by atoms with Gasteiger partial charge in [0.2, 0.25) is 0 Å². The molecule has 0 saturated carbocycles. The number of phenols is 1. The van der Waals surface area contributed by atoms with Gasteiger partial charge in [0.15, 0.2) is 0 Å². The van der Waals surface area contributed by atoms with Gasteiger partial charge in [0.05, 0.1) is 11.9 Å². The quantitative estimate of drug-likeness (QED) is 0.400. The van der Waals surface area contributed by atoms with E-state index in [1.807, 2.05) is 18.2 Å². The number of nitrogens with zero attached hydrogens (tertiary/aromatic N) is 2. The highest BCUT2D eigenvalue weighted by molar-refractivity contribution is 5.86. The lowest BCUT2D eigenvalue weighted by atomic mass is 9.77. The number of hydrogen-bond donors (Lipinski definition) is 2. The molecular weight excluding hydrogens is 442 g/mol. The molecule has 0 aromatic heterocycles. The number of hydrogen-bond acceptors (Lipinski definition) is 3. The van der Waals surface area contributed by atoms with Crippen molar-refractivity contribution in [3.8, 4) is 11.8 Å². The van der Waals surface area contributed by atoms with E-state index in [4.69, 9.17) is 5.41 Å². The van der Waals surface area contributed by atoms with Crippen LogP contribution in [0.3, 0.4) is 0 Å². The average molecular weight is 486 g/mol. The minimum absolute atomic E-state index is 0.186. The summed E-state index contributed by atoms with van der Waals surface area (Å²) in [6.07, 6.45) is 4.69. The Morgan fingerprint density at radius 2 is 1.67 bits per heavy atom. The Kier molecular flexibility index (Phi) is 8.34. The molecule has 0 bridgehead atoms. The molecule has 2 aromatic carbocycles. The summed E-state index contributed by atoms with van der Waals surface area (Å²) < 4.78 is 0. The molecule has 4 heteroatoms. The normalized spacial score (nSPS) is 19.0. The molecule has 4 nitrogen and oxygen atoms in total. The fourth-order valence-electron chi connectivity index (χ4n) is 5.38. The molecule has 2 aromatic rings. The predicted molar refractivity (Wildman–Crippen MR) is 150 cm³/mol. The number of nitriles is 1. The van der Waals surface area contributed by atoms with Crippen LogP contribution in [-0.4, -0.2) is 28.9 Å². The Labute approximate surface area is 218 Å². The van der Waals surface area contributed by atoms with Crippen molar-refractivity contribution in [2.24, 2.45) is 11.8 Å². The molecule has 1 heterocycles. The summed E-state index contributed by atoms with van der Waals surface area (Å²) in [5.74, 6) is 1.63. The smallest absolute Gasteiger partial charge is 0.123 e. The standard InChI is InChI=1S/C32H43N3O/c1-8-12-24-21-35(30(34)26(24)17-22-13-10-9-11-14-22)20-23(15-16-33)25-18-27(31(2,3)4)29(36)28(19-25)32(5,6)7/h9-11,13-15,18-19,24,26,34,36H,8,12,17,20-21H2,1-7H3/b23-15+,34-30?/t24-,26+/m0/s1. The summed E-state index contributed by atoms with van der Waals surface area (Å²) >= 11 is 0. The molecule has 1 aliphatic rings. The van der Waals surface area contributed by atoms with E-state index in [9.17, 15) is 10.4 Å². The Morgan fingerprint density at radius 1 is 1.08 bits per heavy atom. The molecule has 1 aliphatic heterocycles. The summed E-state index contributed by atoms with van der Waals surface area (Å²) in [6, 6.07) is 16.8. The molecule has 1 saturated heterocycles. The van der Waals surface area contributed by atoms with E-state index < -0.39 is 0 Å².